The number of likely N-dealkylation sites (N-methyl/N-ethyl adjacent to an activating group) is 1. The lowest BCUT2D eigenvalue weighted by molar-refractivity contribution is 0.230. The quantitative estimate of drug-likeness (QED) is 0.722. The van der Waals surface area contributed by atoms with Gasteiger partial charge in [-0.3, -0.25) is 0 Å². The Morgan fingerprint density at radius 1 is 1.40 bits per heavy atom. The summed E-state index contributed by atoms with van der Waals surface area (Å²) in [6.45, 7) is 7.70. The second kappa shape index (κ2) is 4.78. The summed E-state index contributed by atoms with van der Waals surface area (Å²) < 4.78 is 27.3. The fourth-order valence-electron chi connectivity index (χ4n) is 1.52. The predicted octanol–water partition coefficient (Wildman–Crippen LogP) is -0.135. The molecule has 1 heterocycles. The van der Waals surface area contributed by atoms with Crippen molar-refractivity contribution in [2.75, 3.05) is 26.7 Å². The van der Waals surface area contributed by atoms with Crippen molar-refractivity contribution < 1.29 is 8.42 Å². The summed E-state index contributed by atoms with van der Waals surface area (Å²) in [7, 11) is -1.65. The van der Waals surface area contributed by atoms with Gasteiger partial charge in [-0.15, -0.1) is 0 Å². The van der Waals surface area contributed by atoms with Crippen LogP contribution in [-0.4, -0.2) is 55.8 Å². The Bertz CT molecular complexity index is 298. The Labute approximate surface area is 92.6 Å². The molecule has 15 heavy (non-hydrogen) atoms. The minimum absolute atomic E-state index is 0.00270. The van der Waals surface area contributed by atoms with Gasteiger partial charge in [-0.05, 0) is 13.8 Å². The van der Waals surface area contributed by atoms with Crippen LogP contribution in [0.25, 0.3) is 0 Å². The zero-order chi connectivity index (χ0) is 11.6. The average molecular weight is 235 g/mol. The zero-order valence-electron chi connectivity index (χ0n) is 9.90. The lowest BCUT2D eigenvalue weighted by Crippen LogP contribution is -2.61. The summed E-state index contributed by atoms with van der Waals surface area (Å²) in [5.41, 5.74) is 0. The first-order valence-electron chi connectivity index (χ1n) is 5.36. The SMILES string of the molecule is CCN(C1CNC1)S(=O)(=O)N(C)C(C)C. The molecule has 0 aliphatic carbocycles. The Morgan fingerprint density at radius 2 is 1.93 bits per heavy atom. The zero-order valence-corrected chi connectivity index (χ0v) is 10.7. The van der Waals surface area contributed by atoms with E-state index in [1.54, 1.807) is 11.4 Å². The molecule has 0 unspecified atom stereocenters. The number of nitrogens with zero attached hydrogens (tertiary/aromatic N) is 2. The standard InChI is InChI=1S/C9H21N3O2S/c1-5-12(9-6-10-7-9)15(13,14)11(4)8(2)3/h8-10H,5-7H2,1-4H3. The van der Waals surface area contributed by atoms with E-state index in [1.165, 1.54) is 4.31 Å². The molecule has 1 fully saturated rings. The molecule has 0 aromatic carbocycles. The van der Waals surface area contributed by atoms with Crippen LogP contribution in [0.2, 0.25) is 0 Å². The second-order valence-corrected chi connectivity index (χ2v) is 6.07. The van der Waals surface area contributed by atoms with E-state index < -0.39 is 10.2 Å². The van der Waals surface area contributed by atoms with Gasteiger partial charge in [0.15, 0.2) is 0 Å². The van der Waals surface area contributed by atoms with Crippen molar-refractivity contribution in [2.24, 2.45) is 0 Å². The van der Waals surface area contributed by atoms with E-state index >= 15 is 0 Å². The van der Waals surface area contributed by atoms with Crippen molar-refractivity contribution in [1.82, 2.24) is 13.9 Å². The van der Waals surface area contributed by atoms with Gasteiger partial charge in [0, 0.05) is 32.7 Å². The lowest BCUT2D eigenvalue weighted by Gasteiger charge is -2.39. The molecule has 0 amide bonds. The number of nitrogens with one attached hydrogen (secondary N) is 1. The van der Waals surface area contributed by atoms with Gasteiger partial charge in [-0.25, -0.2) is 0 Å². The monoisotopic (exact) mass is 235 g/mol. The van der Waals surface area contributed by atoms with Crippen LogP contribution in [0.15, 0.2) is 0 Å². The highest BCUT2D eigenvalue weighted by Crippen LogP contribution is 2.15. The third-order valence-corrected chi connectivity index (χ3v) is 5.16. The van der Waals surface area contributed by atoms with E-state index in [1.807, 2.05) is 20.8 Å². The van der Waals surface area contributed by atoms with E-state index in [0.29, 0.717) is 6.54 Å². The van der Waals surface area contributed by atoms with Gasteiger partial charge in [0.05, 0.1) is 6.04 Å². The molecule has 5 nitrogen and oxygen atoms in total. The van der Waals surface area contributed by atoms with Gasteiger partial charge in [0.25, 0.3) is 10.2 Å². The van der Waals surface area contributed by atoms with Crippen molar-refractivity contribution in [3.05, 3.63) is 0 Å². The van der Waals surface area contributed by atoms with Gasteiger partial charge in [-0.1, -0.05) is 6.92 Å². The molecule has 0 bridgehead atoms. The van der Waals surface area contributed by atoms with Crippen LogP contribution in [0.4, 0.5) is 0 Å². The molecule has 0 saturated carbocycles. The molecule has 1 N–H and O–H groups in total. The van der Waals surface area contributed by atoms with Crippen LogP contribution in [0, 0.1) is 0 Å². The van der Waals surface area contributed by atoms with E-state index in [9.17, 15) is 8.42 Å². The third-order valence-electron chi connectivity index (χ3n) is 2.87. The smallest absolute Gasteiger partial charge is 0.282 e. The van der Waals surface area contributed by atoms with Crippen LogP contribution in [0.3, 0.4) is 0 Å². The van der Waals surface area contributed by atoms with Crippen molar-refractivity contribution >= 4 is 10.2 Å². The number of hydrogen-bond acceptors (Lipinski definition) is 3. The first-order valence-corrected chi connectivity index (χ1v) is 6.76. The fourth-order valence-corrected chi connectivity index (χ4v) is 3.23. The van der Waals surface area contributed by atoms with Crippen LogP contribution in [0.5, 0.6) is 0 Å². The van der Waals surface area contributed by atoms with Crippen molar-refractivity contribution in [3.63, 3.8) is 0 Å². The van der Waals surface area contributed by atoms with E-state index in [4.69, 9.17) is 0 Å². The summed E-state index contributed by atoms with van der Waals surface area (Å²) in [6, 6.07) is 0.123. The summed E-state index contributed by atoms with van der Waals surface area (Å²) in [5, 5.41) is 3.09. The van der Waals surface area contributed by atoms with Gasteiger partial charge < -0.3 is 5.32 Å². The third kappa shape index (κ3) is 2.50. The molecule has 0 radical (unpaired) electrons. The molecule has 6 heteroatoms. The maximum Gasteiger partial charge on any atom is 0.282 e. The predicted molar refractivity (Wildman–Crippen MR) is 60.9 cm³/mol. The fraction of sp³-hybridized carbons (Fsp3) is 1.00. The first-order chi connectivity index (χ1) is 6.91. The summed E-state index contributed by atoms with van der Waals surface area (Å²) in [4.78, 5) is 0. The van der Waals surface area contributed by atoms with Gasteiger partial charge in [-0.2, -0.15) is 17.0 Å². The Morgan fingerprint density at radius 3 is 2.20 bits per heavy atom. The summed E-state index contributed by atoms with van der Waals surface area (Å²) in [5.74, 6) is 0. The first kappa shape index (κ1) is 12.9. The minimum Gasteiger partial charge on any atom is -0.313 e. The molecule has 0 spiro atoms. The molecular formula is C9H21N3O2S. The lowest BCUT2D eigenvalue weighted by atomic mass is 10.2. The maximum absolute atomic E-state index is 12.2. The summed E-state index contributed by atoms with van der Waals surface area (Å²) >= 11 is 0. The summed E-state index contributed by atoms with van der Waals surface area (Å²) in [6.07, 6.45) is 0. The highest BCUT2D eigenvalue weighted by atomic mass is 32.2. The molecule has 0 aromatic rings. The normalized spacial score (nSPS) is 18.9. The molecule has 90 valence electrons. The van der Waals surface area contributed by atoms with Crippen molar-refractivity contribution in [3.8, 4) is 0 Å². The van der Waals surface area contributed by atoms with E-state index in [-0.39, 0.29) is 12.1 Å². The highest BCUT2D eigenvalue weighted by molar-refractivity contribution is 7.86. The van der Waals surface area contributed by atoms with Crippen LogP contribution in [0.1, 0.15) is 20.8 Å². The molecule has 1 saturated heterocycles. The molecule has 1 rings (SSSR count). The van der Waals surface area contributed by atoms with Gasteiger partial charge >= 0.3 is 0 Å². The van der Waals surface area contributed by atoms with Crippen molar-refractivity contribution in [2.45, 2.75) is 32.9 Å². The maximum atomic E-state index is 12.2. The van der Waals surface area contributed by atoms with Crippen molar-refractivity contribution in [1.29, 1.82) is 0 Å². The van der Waals surface area contributed by atoms with Gasteiger partial charge in [0.1, 0.15) is 0 Å². The Balaban J connectivity index is 2.81. The molecule has 1 aliphatic heterocycles. The average Bonchev–Trinajstić information content (AvgIpc) is 2.08. The van der Waals surface area contributed by atoms with E-state index in [2.05, 4.69) is 5.32 Å². The van der Waals surface area contributed by atoms with Gasteiger partial charge in [0.2, 0.25) is 0 Å². The van der Waals surface area contributed by atoms with Crippen LogP contribution >= 0.6 is 0 Å². The number of hydrogen-bond donors (Lipinski definition) is 1. The molecule has 0 aromatic heterocycles. The van der Waals surface area contributed by atoms with Crippen LogP contribution in [-0.2, 0) is 10.2 Å². The highest BCUT2D eigenvalue weighted by Gasteiger charge is 2.35. The largest absolute Gasteiger partial charge is 0.313 e. The molecule has 1 aliphatic rings. The minimum atomic E-state index is -3.28. The molecular weight excluding hydrogens is 214 g/mol. The number of rotatable bonds is 5. The second-order valence-electron chi connectivity index (χ2n) is 4.13. The van der Waals surface area contributed by atoms with E-state index in [0.717, 1.165) is 13.1 Å². The van der Waals surface area contributed by atoms with Crippen LogP contribution < -0.4 is 5.32 Å². The Kier molecular flexibility index (Phi) is 4.11. The topological polar surface area (TPSA) is 52.7 Å². The molecule has 0 atom stereocenters. The Hall–Kier alpha value is -0.170.